The van der Waals surface area contributed by atoms with Crippen LogP contribution in [0.15, 0.2) is 34.9 Å². The van der Waals surface area contributed by atoms with E-state index in [2.05, 4.69) is 26.3 Å². The second-order valence-corrected chi connectivity index (χ2v) is 5.60. The number of hydrazine groups is 1. The van der Waals surface area contributed by atoms with Crippen molar-refractivity contribution in [1.82, 2.24) is 10.4 Å². The number of nitrogens with two attached hydrogens (primary N) is 1. The van der Waals surface area contributed by atoms with Crippen LogP contribution in [-0.4, -0.2) is 4.98 Å². The van der Waals surface area contributed by atoms with Crippen molar-refractivity contribution < 1.29 is 13.2 Å². The van der Waals surface area contributed by atoms with Crippen LogP contribution in [0.3, 0.4) is 0 Å². The van der Waals surface area contributed by atoms with Gasteiger partial charge in [-0.05, 0) is 11.6 Å². The Labute approximate surface area is 119 Å². The number of hydrogen-bond acceptors (Lipinski definition) is 4. The number of hydrogen-bond donors (Lipinski definition) is 2. The normalized spacial score (nSPS) is 13.5. The lowest BCUT2D eigenvalue weighted by Crippen LogP contribution is -2.28. The Hall–Kier alpha value is -0.960. The van der Waals surface area contributed by atoms with Crippen LogP contribution in [0.4, 0.5) is 13.2 Å². The van der Waals surface area contributed by atoms with E-state index in [0.717, 1.165) is 10.0 Å². The molecule has 0 amide bonds. The second-order valence-electron chi connectivity index (χ2n) is 3.69. The van der Waals surface area contributed by atoms with Crippen LogP contribution >= 0.6 is 27.3 Å². The van der Waals surface area contributed by atoms with Crippen molar-refractivity contribution in [3.63, 3.8) is 0 Å². The van der Waals surface area contributed by atoms with Gasteiger partial charge in [0.05, 0.1) is 6.04 Å². The molecule has 0 aliphatic rings. The molecule has 0 fully saturated rings. The first-order valence-electron chi connectivity index (χ1n) is 5.17. The number of nitrogens with one attached hydrogen (secondary N) is 1. The maximum absolute atomic E-state index is 12.5. The molecule has 0 spiro atoms. The number of alkyl halides is 3. The molecular weight excluding hydrogens is 343 g/mol. The number of benzene rings is 1. The molecule has 102 valence electrons. The fraction of sp³-hybridized carbons (Fsp3) is 0.182. The maximum atomic E-state index is 12.5. The molecule has 0 saturated heterocycles. The lowest BCUT2D eigenvalue weighted by molar-refractivity contribution is -0.137. The second kappa shape index (κ2) is 5.58. The highest BCUT2D eigenvalue weighted by Crippen LogP contribution is 2.37. The minimum Gasteiger partial charge on any atom is -0.271 e. The SMILES string of the molecule is NNC(c1cnc(C(F)(F)F)s1)c1ccccc1Br. The monoisotopic (exact) mass is 351 g/mol. The van der Waals surface area contributed by atoms with Crippen LogP contribution in [0, 0.1) is 0 Å². The molecule has 1 heterocycles. The minimum atomic E-state index is -4.43. The molecule has 1 aromatic carbocycles. The van der Waals surface area contributed by atoms with Gasteiger partial charge in [-0.15, -0.1) is 11.3 Å². The van der Waals surface area contributed by atoms with Crippen LogP contribution in [0.5, 0.6) is 0 Å². The first-order chi connectivity index (χ1) is 8.93. The van der Waals surface area contributed by atoms with Crippen molar-refractivity contribution in [2.24, 2.45) is 5.84 Å². The molecule has 0 aliphatic heterocycles. The summed E-state index contributed by atoms with van der Waals surface area (Å²) in [5.74, 6) is 5.45. The van der Waals surface area contributed by atoms with Crippen LogP contribution in [0.2, 0.25) is 0 Å². The third-order valence-electron chi connectivity index (χ3n) is 2.43. The van der Waals surface area contributed by atoms with E-state index in [4.69, 9.17) is 5.84 Å². The Balaban J connectivity index is 2.38. The summed E-state index contributed by atoms with van der Waals surface area (Å²) in [6.07, 6.45) is -3.24. The van der Waals surface area contributed by atoms with Gasteiger partial charge in [0.2, 0.25) is 0 Å². The molecule has 0 aliphatic carbocycles. The number of rotatable bonds is 3. The largest absolute Gasteiger partial charge is 0.443 e. The zero-order valence-corrected chi connectivity index (χ0v) is 11.8. The van der Waals surface area contributed by atoms with E-state index in [1.165, 1.54) is 6.20 Å². The highest BCUT2D eigenvalue weighted by atomic mass is 79.9. The predicted octanol–water partition coefficient (Wildman–Crippen LogP) is 3.48. The summed E-state index contributed by atoms with van der Waals surface area (Å²) in [6.45, 7) is 0. The van der Waals surface area contributed by atoms with Crippen molar-refractivity contribution in [2.45, 2.75) is 12.2 Å². The van der Waals surface area contributed by atoms with Crippen LogP contribution in [-0.2, 0) is 6.18 Å². The molecule has 0 bridgehead atoms. The Kier molecular flexibility index (Phi) is 4.24. The molecule has 1 atom stereocenters. The Morgan fingerprint density at radius 2 is 2.00 bits per heavy atom. The summed E-state index contributed by atoms with van der Waals surface area (Å²) >= 11 is 3.92. The summed E-state index contributed by atoms with van der Waals surface area (Å²) in [5.41, 5.74) is 3.27. The Bertz CT molecular complexity index is 570. The number of halogens is 4. The van der Waals surface area contributed by atoms with Gasteiger partial charge in [0, 0.05) is 15.5 Å². The van der Waals surface area contributed by atoms with Crippen LogP contribution < -0.4 is 11.3 Å². The zero-order chi connectivity index (χ0) is 14.0. The van der Waals surface area contributed by atoms with Gasteiger partial charge in [-0.1, -0.05) is 34.1 Å². The van der Waals surface area contributed by atoms with E-state index in [1.807, 2.05) is 6.07 Å². The summed E-state index contributed by atoms with van der Waals surface area (Å²) < 4.78 is 38.4. The Morgan fingerprint density at radius 3 is 2.53 bits per heavy atom. The van der Waals surface area contributed by atoms with E-state index >= 15 is 0 Å². The quantitative estimate of drug-likeness (QED) is 0.657. The van der Waals surface area contributed by atoms with Crippen molar-refractivity contribution in [1.29, 1.82) is 0 Å². The molecule has 3 nitrogen and oxygen atoms in total. The van der Waals surface area contributed by atoms with Gasteiger partial charge in [0.15, 0.2) is 5.01 Å². The van der Waals surface area contributed by atoms with Crippen LogP contribution in [0.25, 0.3) is 0 Å². The summed E-state index contributed by atoms with van der Waals surface area (Å²) in [5, 5.41) is -0.880. The molecule has 2 aromatic rings. The molecule has 0 radical (unpaired) electrons. The van der Waals surface area contributed by atoms with E-state index in [9.17, 15) is 13.2 Å². The van der Waals surface area contributed by atoms with Gasteiger partial charge in [0.1, 0.15) is 0 Å². The number of aromatic nitrogens is 1. The fourth-order valence-electron chi connectivity index (χ4n) is 1.59. The first-order valence-corrected chi connectivity index (χ1v) is 6.78. The van der Waals surface area contributed by atoms with E-state index in [0.29, 0.717) is 16.2 Å². The summed E-state index contributed by atoms with van der Waals surface area (Å²) in [7, 11) is 0. The van der Waals surface area contributed by atoms with Crippen LogP contribution in [0.1, 0.15) is 21.5 Å². The standard InChI is InChI=1S/C11H9BrF3N3S/c12-7-4-2-1-3-6(7)9(18-16)8-5-17-10(19-8)11(13,14)15/h1-5,9,18H,16H2. The molecular formula is C11H9BrF3N3S. The molecule has 0 saturated carbocycles. The number of thiazole rings is 1. The van der Waals surface area contributed by atoms with Crippen molar-refractivity contribution in [3.8, 4) is 0 Å². The van der Waals surface area contributed by atoms with Gasteiger partial charge in [-0.25, -0.2) is 10.4 Å². The highest BCUT2D eigenvalue weighted by Gasteiger charge is 2.35. The summed E-state index contributed by atoms with van der Waals surface area (Å²) in [6, 6.07) is 6.64. The van der Waals surface area contributed by atoms with E-state index in [-0.39, 0.29) is 0 Å². The molecule has 1 unspecified atom stereocenters. The lowest BCUT2D eigenvalue weighted by Gasteiger charge is -2.15. The van der Waals surface area contributed by atoms with Crippen molar-refractivity contribution in [3.05, 3.63) is 50.4 Å². The predicted molar refractivity (Wildman–Crippen MR) is 70.4 cm³/mol. The molecule has 19 heavy (non-hydrogen) atoms. The lowest BCUT2D eigenvalue weighted by atomic mass is 10.1. The number of nitrogens with zero attached hydrogens (tertiary/aromatic N) is 1. The van der Waals surface area contributed by atoms with Gasteiger partial charge < -0.3 is 0 Å². The topological polar surface area (TPSA) is 50.9 Å². The van der Waals surface area contributed by atoms with Crippen molar-refractivity contribution in [2.75, 3.05) is 0 Å². The maximum Gasteiger partial charge on any atom is 0.443 e. The zero-order valence-electron chi connectivity index (χ0n) is 9.41. The van der Waals surface area contributed by atoms with Gasteiger partial charge >= 0.3 is 6.18 Å². The minimum absolute atomic E-state index is 0.404. The molecule has 3 N–H and O–H groups in total. The van der Waals surface area contributed by atoms with E-state index < -0.39 is 17.2 Å². The smallest absolute Gasteiger partial charge is 0.271 e. The van der Waals surface area contributed by atoms with Gasteiger partial charge in [0.25, 0.3) is 0 Å². The average Bonchev–Trinajstić information content (AvgIpc) is 2.82. The third-order valence-corrected chi connectivity index (χ3v) is 4.26. The highest BCUT2D eigenvalue weighted by molar-refractivity contribution is 9.10. The average molecular weight is 352 g/mol. The van der Waals surface area contributed by atoms with Crippen molar-refractivity contribution >= 4 is 27.3 Å². The van der Waals surface area contributed by atoms with E-state index in [1.54, 1.807) is 18.2 Å². The first kappa shape index (κ1) is 14.4. The Morgan fingerprint density at radius 1 is 1.32 bits per heavy atom. The fourth-order valence-corrected chi connectivity index (χ4v) is 2.96. The third kappa shape index (κ3) is 3.14. The summed E-state index contributed by atoms with van der Waals surface area (Å²) in [4.78, 5) is 3.80. The molecule has 8 heteroatoms. The van der Waals surface area contributed by atoms with Gasteiger partial charge in [-0.2, -0.15) is 13.2 Å². The molecule has 2 rings (SSSR count). The molecule has 1 aromatic heterocycles. The van der Waals surface area contributed by atoms with Gasteiger partial charge in [-0.3, -0.25) is 5.84 Å².